The maximum atomic E-state index is 4.84. The summed E-state index contributed by atoms with van der Waals surface area (Å²) < 4.78 is 0. The number of rotatable bonds is 5. The van der Waals surface area contributed by atoms with E-state index in [-0.39, 0.29) is 0 Å². The predicted molar refractivity (Wildman–Crippen MR) is 79.0 cm³/mol. The van der Waals surface area contributed by atoms with Crippen molar-refractivity contribution >= 4 is 15.9 Å². The topological polar surface area (TPSA) is 25.8 Å². The van der Waals surface area contributed by atoms with Gasteiger partial charge in [-0.1, -0.05) is 42.6 Å². The van der Waals surface area contributed by atoms with E-state index < -0.39 is 0 Å². The van der Waals surface area contributed by atoms with Crippen LogP contribution in [0.3, 0.4) is 0 Å². The second-order valence-corrected chi connectivity index (χ2v) is 5.93. The van der Waals surface area contributed by atoms with Crippen LogP contribution in [-0.4, -0.2) is 9.97 Å². The molecule has 0 saturated heterocycles. The lowest BCUT2D eigenvalue weighted by Gasteiger charge is -2.12. The molecule has 0 spiro atoms. The van der Waals surface area contributed by atoms with Crippen molar-refractivity contribution in [3.63, 3.8) is 0 Å². The number of nitrogens with zero attached hydrogens (tertiary/aromatic N) is 2. The van der Waals surface area contributed by atoms with E-state index in [0.29, 0.717) is 5.92 Å². The SMILES string of the molecule is CCCc1nc(C2CCC(CC)C2)ncc1CBr. The van der Waals surface area contributed by atoms with E-state index in [1.54, 1.807) is 0 Å². The van der Waals surface area contributed by atoms with Crippen LogP contribution in [0.4, 0.5) is 0 Å². The van der Waals surface area contributed by atoms with Crippen molar-refractivity contribution in [1.29, 1.82) is 0 Å². The highest BCUT2D eigenvalue weighted by atomic mass is 79.9. The minimum Gasteiger partial charge on any atom is -0.241 e. The molecule has 3 heteroatoms. The van der Waals surface area contributed by atoms with Gasteiger partial charge in [-0.05, 0) is 31.6 Å². The van der Waals surface area contributed by atoms with Crippen LogP contribution in [0.2, 0.25) is 0 Å². The van der Waals surface area contributed by atoms with Gasteiger partial charge >= 0.3 is 0 Å². The van der Waals surface area contributed by atoms with Gasteiger partial charge in [-0.3, -0.25) is 0 Å². The molecule has 0 aromatic carbocycles. The maximum Gasteiger partial charge on any atom is 0.131 e. The van der Waals surface area contributed by atoms with Crippen molar-refractivity contribution in [2.24, 2.45) is 5.92 Å². The summed E-state index contributed by atoms with van der Waals surface area (Å²) in [6.45, 7) is 4.51. The summed E-state index contributed by atoms with van der Waals surface area (Å²) in [5.41, 5.74) is 2.50. The predicted octanol–water partition coefficient (Wildman–Crippen LogP) is 4.62. The monoisotopic (exact) mass is 310 g/mol. The van der Waals surface area contributed by atoms with Gasteiger partial charge in [0.2, 0.25) is 0 Å². The molecule has 1 aromatic heterocycles. The molecular weight excluding hydrogens is 288 g/mol. The van der Waals surface area contributed by atoms with Gasteiger partial charge in [-0.25, -0.2) is 9.97 Å². The Bertz CT molecular complexity index is 392. The fourth-order valence-corrected chi connectivity index (χ4v) is 3.37. The Morgan fingerprint density at radius 1 is 1.33 bits per heavy atom. The van der Waals surface area contributed by atoms with Gasteiger partial charge in [-0.2, -0.15) is 0 Å². The number of alkyl halides is 1. The molecule has 2 unspecified atom stereocenters. The highest BCUT2D eigenvalue weighted by molar-refractivity contribution is 9.08. The molecule has 1 aliphatic carbocycles. The summed E-state index contributed by atoms with van der Waals surface area (Å²) in [7, 11) is 0. The molecule has 0 aliphatic heterocycles. The quantitative estimate of drug-likeness (QED) is 0.742. The molecule has 1 fully saturated rings. The van der Waals surface area contributed by atoms with E-state index in [9.17, 15) is 0 Å². The Balaban J connectivity index is 2.16. The molecule has 1 saturated carbocycles. The van der Waals surface area contributed by atoms with Crippen molar-refractivity contribution in [2.45, 2.75) is 63.6 Å². The molecular formula is C15H23BrN2. The number of aryl methyl sites for hydroxylation is 1. The van der Waals surface area contributed by atoms with Crippen LogP contribution < -0.4 is 0 Å². The van der Waals surface area contributed by atoms with Crippen LogP contribution in [0.1, 0.15) is 69.0 Å². The van der Waals surface area contributed by atoms with Crippen LogP contribution in [0, 0.1) is 5.92 Å². The Morgan fingerprint density at radius 3 is 2.78 bits per heavy atom. The first-order valence-corrected chi connectivity index (χ1v) is 8.31. The van der Waals surface area contributed by atoms with Crippen molar-refractivity contribution in [1.82, 2.24) is 9.97 Å². The summed E-state index contributed by atoms with van der Waals surface area (Å²) in [4.78, 5) is 9.44. The molecule has 0 bridgehead atoms. The fraction of sp³-hybridized carbons (Fsp3) is 0.733. The molecule has 2 rings (SSSR count). The Kier molecular flexibility index (Phi) is 5.16. The van der Waals surface area contributed by atoms with E-state index in [1.807, 2.05) is 6.20 Å². The molecule has 2 nitrogen and oxygen atoms in total. The van der Waals surface area contributed by atoms with Crippen molar-refractivity contribution < 1.29 is 0 Å². The molecule has 18 heavy (non-hydrogen) atoms. The standard InChI is InChI=1S/C15H23BrN2/c1-3-5-14-13(9-16)10-17-15(18-14)12-7-6-11(4-2)8-12/h10-12H,3-9H2,1-2H3. The van der Waals surface area contributed by atoms with Crippen LogP contribution in [0.25, 0.3) is 0 Å². The summed E-state index contributed by atoms with van der Waals surface area (Å²) in [6, 6.07) is 0. The molecule has 1 heterocycles. The molecule has 0 amide bonds. The third-order valence-electron chi connectivity index (χ3n) is 4.09. The third kappa shape index (κ3) is 3.11. The van der Waals surface area contributed by atoms with E-state index in [0.717, 1.165) is 29.9 Å². The lowest BCUT2D eigenvalue weighted by Crippen LogP contribution is -2.07. The van der Waals surface area contributed by atoms with Gasteiger partial charge < -0.3 is 0 Å². The largest absolute Gasteiger partial charge is 0.241 e. The molecule has 100 valence electrons. The highest BCUT2D eigenvalue weighted by Gasteiger charge is 2.26. The van der Waals surface area contributed by atoms with Crippen LogP contribution >= 0.6 is 15.9 Å². The Morgan fingerprint density at radius 2 is 2.17 bits per heavy atom. The fourth-order valence-electron chi connectivity index (χ4n) is 2.90. The van der Waals surface area contributed by atoms with Crippen molar-refractivity contribution in [3.05, 3.63) is 23.3 Å². The van der Waals surface area contributed by atoms with Gasteiger partial charge in [0.1, 0.15) is 5.82 Å². The average molecular weight is 311 g/mol. The molecule has 2 atom stereocenters. The minimum atomic E-state index is 0.606. The normalized spacial score (nSPS) is 23.5. The van der Waals surface area contributed by atoms with E-state index >= 15 is 0 Å². The van der Waals surface area contributed by atoms with Crippen LogP contribution in [-0.2, 0) is 11.8 Å². The smallest absolute Gasteiger partial charge is 0.131 e. The number of hydrogen-bond donors (Lipinski definition) is 0. The van der Waals surface area contributed by atoms with Gasteiger partial charge in [0, 0.05) is 28.7 Å². The van der Waals surface area contributed by atoms with E-state index in [4.69, 9.17) is 4.98 Å². The van der Waals surface area contributed by atoms with Gasteiger partial charge in [0.15, 0.2) is 0 Å². The summed E-state index contributed by atoms with van der Waals surface area (Å²) in [6.07, 6.45) is 9.47. The second-order valence-electron chi connectivity index (χ2n) is 5.37. The van der Waals surface area contributed by atoms with E-state index in [1.165, 1.54) is 36.9 Å². The van der Waals surface area contributed by atoms with Crippen molar-refractivity contribution in [2.75, 3.05) is 0 Å². The molecule has 1 aliphatic rings. The zero-order valence-corrected chi connectivity index (χ0v) is 13.0. The van der Waals surface area contributed by atoms with Gasteiger partial charge in [0.25, 0.3) is 0 Å². The Hall–Kier alpha value is -0.440. The minimum absolute atomic E-state index is 0.606. The first-order chi connectivity index (χ1) is 8.78. The summed E-state index contributed by atoms with van der Waals surface area (Å²) in [5.74, 6) is 2.60. The zero-order chi connectivity index (χ0) is 13.0. The molecule has 0 N–H and O–H groups in total. The van der Waals surface area contributed by atoms with Gasteiger partial charge in [0.05, 0.1) is 0 Å². The zero-order valence-electron chi connectivity index (χ0n) is 11.5. The average Bonchev–Trinajstić information content (AvgIpc) is 2.88. The van der Waals surface area contributed by atoms with Crippen molar-refractivity contribution in [3.8, 4) is 0 Å². The molecule has 1 aromatic rings. The third-order valence-corrected chi connectivity index (χ3v) is 4.69. The number of halogens is 1. The number of hydrogen-bond acceptors (Lipinski definition) is 2. The lowest BCUT2D eigenvalue weighted by atomic mass is 10.0. The molecule has 0 radical (unpaired) electrons. The summed E-state index contributed by atoms with van der Waals surface area (Å²) in [5, 5.41) is 0.866. The van der Waals surface area contributed by atoms with Crippen LogP contribution in [0.15, 0.2) is 6.20 Å². The Labute approximate surface area is 119 Å². The summed E-state index contributed by atoms with van der Waals surface area (Å²) >= 11 is 3.53. The number of aromatic nitrogens is 2. The highest BCUT2D eigenvalue weighted by Crippen LogP contribution is 2.38. The maximum absolute atomic E-state index is 4.84. The first kappa shape index (κ1) is 14.0. The first-order valence-electron chi connectivity index (χ1n) is 7.19. The van der Waals surface area contributed by atoms with Crippen LogP contribution in [0.5, 0.6) is 0 Å². The van der Waals surface area contributed by atoms with E-state index in [2.05, 4.69) is 34.8 Å². The van der Waals surface area contributed by atoms with Gasteiger partial charge in [-0.15, -0.1) is 0 Å². The lowest BCUT2D eigenvalue weighted by molar-refractivity contribution is 0.516. The second kappa shape index (κ2) is 6.65.